The van der Waals surface area contributed by atoms with Crippen LogP contribution in [0.4, 0.5) is 10.2 Å². The van der Waals surface area contributed by atoms with Crippen LogP contribution in [-0.4, -0.2) is 44.0 Å². The van der Waals surface area contributed by atoms with Crippen molar-refractivity contribution in [3.63, 3.8) is 0 Å². The van der Waals surface area contributed by atoms with Crippen LogP contribution in [0.3, 0.4) is 0 Å². The summed E-state index contributed by atoms with van der Waals surface area (Å²) in [6, 6.07) is 11.5. The minimum absolute atomic E-state index is 0.0994. The van der Waals surface area contributed by atoms with Gasteiger partial charge in [-0.2, -0.15) is 5.10 Å². The highest BCUT2D eigenvalue weighted by atomic mass is 19.1. The molecule has 1 saturated carbocycles. The molecule has 1 aliphatic heterocycles. The van der Waals surface area contributed by atoms with Gasteiger partial charge in [0, 0.05) is 50.0 Å². The summed E-state index contributed by atoms with van der Waals surface area (Å²) < 4.78 is 15.7. The Bertz CT molecular complexity index is 1020. The number of likely N-dealkylation sites (tertiary alicyclic amines) is 1. The van der Waals surface area contributed by atoms with Gasteiger partial charge in [-0.1, -0.05) is 18.2 Å². The number of hydrogen-bond donors (Lipinski definition) is 1. The van der Waals surface area contributed by atoms with Crippen molar-refractivity contribution in [3.8, 4) is 11.3 Å². The Kier molecular flexibility index (Phi) is 4.98. The molecule has 3 atom stereocenters. The summed E-state index contributed by atoms with van der Waals surface area (Å²) in [5.74, 6) is 2.06. The predicted molar refractivity (Wildman–Crippen MR) is 114 cm³/mol. The number of nitrogens with zero attached hydrogens (tertiary/aromatic N) is 5. The third kappa shape index (κ3) is 3.81. The zero-order valence-corrected chi connectivity index (χ0v) is 17.4. The van der Waals surface area contributed by atoms with Crippen molar-refractivity contribution in [1.29, 1.82) is 0 Å². The molecule has 1 aromatic carbocycles. The normalized spacial score (nSPS) is 23.6. The van der Waals surface area contributed by atoms with Crippen LogP contribution in [0, 0.1) is 24.6 Å². The highest BCUT2D eigenvalue weighted by molar-refractivity contribution is 5.61. The average Bonchev–Trinajstić information content (AvgIpc) is 3.37. The summed E-state index contributed by atoms with van der Waals surface area (Å²) in [5.41, 5.74) is 3.61. The molecule has 6 nitrogen and oxygen atoms in total. The number of nitrogens with one attached hydrogen (secondary N) is 1. The van der Waals surface area contributed by atoms with E-state index in [0.717, 1.165) is 54.3 Å². The molecule has 156 valence electrons. The molecule has 3 heterocycles. The lowest BCUT2D eigenvalue weighted by Gasteiger charge is -2.20. The first kappa shape index (κ1) is 19.2. The third-order valence-electron chi connectivity index (χ3n) is 6.48. The van der Waals surface area contributed by atoms with Crippen molar-refractivity contribution in [2.75, 3.05) is 18.4 Å². The summed E-state index contributed by atoms with van der Waals surface area (Å²) in [6.45, 7) is 4.78. The highest BCUT2D eigenvalue weighted by Gasteiger charge is 2.40. The topological polar surface area (TPSA) is 58.9 Å². The number of aryl methyl sites for hydroxylation is 2. The van der Waals surface area contributed by atoms with Crippen LogP contribution in [0.1, 0.15) is 24.1 Å². The summed E-state index contributed by atoms with van der Waals surface area (Å²) in [6.07, 6.45) is 4.23. The molecule has 0 amide bonds. The Morgan fingerprint density at radius 1 is 1.07 bits per heavy atom. The first-order valence-electron chi connectivity index (χ1n) is 10.6. The van der Waals surface area contributed by atoms with Gasteiger partial charge in [-0.25, -0.2) is 4.39 Å². The smallest absolute Gasteiger partial charge is 0.148 e. The molecule has 2 fully saturated rings. The van der Waals surface area contributed by atoms with Gasteiger partial charge < -0.3 is 5.32 Å². The largest absolute Gasteiger partial charge is 0.366 e. The fraction of sp³-hybridized carbons (Fsp3) is 0.435. The Morgan fingerprint density at radius 2 is 1.83 bits per heavy atom. The lowest BCUT2D eigenvalue weighted by molar-refractivity contribution is 0.296. The number of benzene rings is 1. The molecule has 30 heavy (non-hydrogen) atoms. The molecule has 1 N–H and O–H groups in total. The van der Waals surface area contributed by atoms with E-state index in [0.29, 0.717) is 24.4 Å². The van der Waals surface area contributed by atoms with Gasteiger partial charge in [0.15, 0.2) is 0 Å². The minimum atomic E-state index is -0.0994. The molecule has 5 rings (SSSR count). The molecule has 3 aromatic rings. The summed E-state index contributed by atoms with van der Waals surface area (Å²) in [5, 5.41) is 16.7. The van der Waals surface area contributed by atoms with Gasteiger partial charge >= 0.3 is 0 Å². The zero-order valence-electron chi connectivity index (χ0n) is 17.4. The maximum absolute atomic E-state index is 13.9. The molecule has 1 saturated heterocycles. The third-order valence-corrected chi connectivity index (χ3v) is 6.48. The monoisotopic (exact) mass is 406 g/mol. The van der Waals surface area contributed by atoms with Crippen molar-refractivity contribution in [3.05, 3.63) is 59.7 Å². The standard InChI is InChI=1S/C23H27FN6/c1-15-20(14-29(2)28-15)22-7-8-23(27-26-22)25-19-9-17-12-30(13-18(17)10-19)11-16-5-3-4-6-21(16)24/h3-8,14,17-19H,9-13H2,1-2H3,(H,25,27)/t17-,18+,19+. The molecule has 0 unspecified atom stereocenters. The van der Waals surface area contributed by atoms with E-state index in [1.54, 1.807) is 16.8 Å². The van der Waals surface area contributed by atoms with Crippen molar-refractivity contribution in [2.45, 2.75) is 32.4 Å². The van der Waals surface area contributed by atoms with E-state index in [1.165, 1.54) is 0 Å². The summed E-state index contributed by atoms with van der Waals surface area (Å²) in [7, 11) is 1.91. The van der Waals surface area contributed by atoms with Crippen molar-refractivity contribution in [2.24, 2.45) is 18.9 Å². The minimum Gasteiger partial charge on any atom is -0.366 e. The van der Waals surface area contributed by atoms with E-state index in [4.69, 9.17) is 0 Å². The number of aromatic nitrogens is 4. The van der Waals surface area contributed by atoms with Gasteiger partial charge in [0.25, 0.3) is 0 Å². The van der Waals surface area contributed by atoms with Gasteiger partial charge in [-0.05, 0) is 49.8 Å². The summed E-state index contributed by atoms with van der Waals surface area (Å²) in [4.78, 5) is 2.40. The maximum Gasteiger partial charge on any atom is 0.148 e. The van der Waals surface area contributed by atoms with Crippen LogP contribution in [0.2, 0.25) is 0 Å². The van der Waals surface area contributed by atoms with Crippen LogP contribution in [0.5, 0.6) is 0 Å². The van der Waals surface area contributed by atoms with Gasteiger partial charge in [0.2, 0.25) is 0 Å². The zero-order chi connectivity index (χ0) is 20.7. The van der Waals surface area contributed by atoms with Gasteiger partial charge in [-0.3, -0.25) is 9.58 Å². The van der Waals surface area contributed by atoms with Crippen molar-refractivity contribution >= 4 is 5.82 Å². The Balaban J connectivity index is 1.16. The van der Waals surface area contributed by atoms with Crippen LogP contribution >= 0.6 is 0 Å². The second-order valence-electron chi connectivity index (χ2n) is 8.72. The number of rotatable bonds is 5. The first-order chi connectivity index (χ1) is 14.5. The van der Waals surface area contributed by atoms with E-state index in [1.807, 2.05) is 44.4 Å². The molecule has 0 spiro atoms. The number of hydrogen-bond acceptors (Lipinski definition) is 5. The average molecular weight is 407 g/mol. The maximum atomic E-state index is 13.9. The molecule has 7 heteroatoms. The van der Waals surface area contributed by atoms with Gasteiger partial charge in [0.05, 0.1) is 11.4 Å². The van der Waals surface area contributed by atoms with Crippen LogP contribution in [-0.2, 0) is 13.6 Å². The van der Waals surface area contributed by atoms with Crippen LogP contribution < -0.4 is 5.32 Å². The molecule has 0 radical (unpaired) electrons. The van der Waals surface area contributed by atoms with E-state index >= 15 is 0 Å². The molecule has 2 aliphatic rings. The van der Waals surface area contributed by atoms with E-state index in [9.17, 15) is 4.39 Å². The summed E-state index contributed by atoms with van der Waals surface area (Å²) >= 11 is 0. The van der Waals surface area contributed by atoms with E-state index in [2.05, 4.69) is 25.5 Å². The fourth-order valence-electron chi connectivity index (χ4n) is 5.12. The lowest BCUT2D eigenvalue weighted by Crippen LogP contribution is -2.25. The lowest BCUT2D eigenvalue weighted by atomic mass is 10.0. The molecule has 1 aliphatic carbocycles. The van der Waals surface area contributed by atoms with Crippen LogP contribution in [0.15, 0.2) is 42.6 Å². The number of fused-ring (bicyclic) bond motifs is 1. The van der Waals surface area contributed by atoms with E-state index in [-0.39, 0.29) is 5.82 Å². The molecule has 0 bridgehead atoms. The predicted octanol–water partition coefficient (Wildman–Crippen LogP) is 3.65. The van der Waals surface area contributed by atoms with Gasteiger partial charge in [0.1, 0.15) is 11.6 Å². The number of halogens is 1. The molecule has 2 aromatic heterocycles. The Labute approximate surface area is 176 Å². The van der Waals surface area contributed by atoms with Gasteiger partial charge in [-0.15, -0.1) is 10.2 Å². The van der Waals surface area contributed by atoms with E-state index < -0.39 is 0 Å². The van der Waals surface area contributed by atoms with Crippen molar-refractivity contribution < 1.29 is 4.39 Å². The molecular formula is C23H27FN6. The first-order valence-corrected chi connectivity index (χ1v) is 10.6. The molecular weight excluding hydrogens is 379 g/mol. The highest BCUT2D eigenvalue weighted by Crippen LogP contribution is 2.39. The van der Waals surface area contributed by atoms with Crippen LogP contribution in [0.25, 0.3) is 11.3 Å². The number of anilines is 1. The Morgan fingerprint density at radius 3 is 2.47 bits per heavy atom. The Hall–Kier alpha value is -2.80. The second-order valence-corrected chi connectivity index (χ2v) is 8.72. The van der Waals surface area contributed by atoms with Crippen molar-refractivity contribution in [1.82, 2.24) is 24.9 Å². The second kappa shape index (κ2) is 7.80. The quantitative estimate of drug-likeness (QED) is 0.701. The SMILES string of the molecule is Cc1nn(C)cc1-c1ccc(N[C@H]2C[C@@H]3CN(Cc4ccccc4F)C[C@@H]3C2)nn1. The fourth-order valence-corrected chi connectivity index (χ4v) is 5.12.